The van der Waals surface area contributed by atoms with E-state index >= 15 is 0 Å². The van der Waals surface area contributed by atoms with E-state index in [-0.39, 0.29) is 12.0 Å². The van der Waals surface area contributed by atoms with E-state index in [0.29, 0.717) is 0 Å². The fourth-order valence-corrected chi connectivity index (χ4v) is 0.270. The monoisotopic (exact) mass is 139 g/mol. The van der Waals surface area contributed by atoms with E-state index in [1.54, 1.807) is 6.21 Å². The molecule has 0 aromatic carbocycles. The molecule has 56 valence electrons. The number of rotatable bonds is 2. The standard InChI is InChI=1S/C8H13NO/c1-5-6-10-9-7-8(2,3)4/h1,7H,6H2,2-4H3. The van der Waals surface area contributed by atoms with Crippen molar-refractivity contribution < 1.29 is 4.84 Å². The average molecular weight is 139 g/mol. The Balaban J connectivity index is 3.49. The van der Waals surface area contributed by atoms with Gasteiger partial charge < -0.3 is 4.84 Å². The summed E-state index contributed by atoms with van der Waals surface area (Å²) in [5, 5.41) is 3.66. The maximum Gasteiger partial charge on any atom is 0.177 e. The Morgan fingerprint density at radius 3 is 2.60 bits per heavy atom. The lowest BCUT2D eigenvalue weighted by molar-refractivity contribution is 0.178. The van der Waals surface area contributed by atoms with Crippen LogP contribution in [0.3, 0.4) is 0 Å². The molecule has 2 heteroatoms. The Kier molecular flexibility index (Phi) is 3.56. The van der Waals surface area contributed by atoms with Crippen LogP contribution in [0.4, 0.5) is 0 Å². The van der Waals surface area contributed by atoms with Crippen molar-refractivity contribution in [2.24, 2.45) is 10.6 Å². The molecule has 0 aliphatic heterocycles. The van der Waals surface area contributed by atoms with E-state index < -0.39 is 0 Å². The van der Waals surface area contributed by atoms with Gasteiger partial charge in [0.2, 0.25) is 0 Å². The first-order valence-corrected chi connectivity index (χ1v) is 3.16. The van der Waals surface area contributed by atoms with Crippen LogP contribution < -0.4 is 0 Å². The first-order valence-electron chi connectivity index (χ1n) is 3.16. The largest absolute Gasteiger partial charge is 0.383 e. The zero-order valence-electron chi connectivity index (χ0n) is 6.72. The fourth-order valence-electron chi connectivity index (χ4n) is 0.270. The zero-order chi connectivity index (χ0) is 8.04. The van der Waals surface area contributed by atoms with Crippen molar-refractivity contribution in [3.63, 3.8) is 0 Å². The van der Waals surface area contributed by atoms with Crippen LogP contribution >= 0.6 is 0 Å². The molecule has 0 N–H and O–H groups in total. The molecule has 2 nitrogen and oxygen atoms in total. The second kappa shape index (κ2) is 3.94. The number of oxime groups is 1. The van der Waals surface area contributed by atoms with Gasteiger partial charge in [0.15, 0.2) is 6.61 Å². The van der Waals surface area contributed by atoms with E-state index in [2.05, 4.69) is 11.1 Å². The highest BCUT2D eigenvalue weighted by Gasteiger charge is 2.04. The van der Waals surface area contributed by atoms with Crippen LogP contribution in [0.25, 0.3) is 0 Å². The normalized spacial score (nSPS) is 11.4. The van der Waals surface area contributed by atoms with Crippen molar-refractivity contribution in [3.05, 3.63) is 0 Å². The highest BCUT2D eigenvalue weighted by Crippen LogP contribution is 2.07. The van der Waals surface area contributed by atoms with Crippen LogP contribution in [-0.4, -0.2) is 12.8 Å². The minimum atomic E-state index is 0.0641. The average Bonchev–Trinajstić information content (AvgIpc) is 1.78. The van der Waals surface area contributed by atoms with Crippen molar-refractivity contribution >= 4 is 6.21 Å². The molecule has 0 rings (SSSR count). The second-order valence-corrected chi connectivity index (χ2v) is 3.08. The molecule has 0 bridgehead atoms. The summed E-state index contributed by atoms with van der Waals surface area (Å²) in [7, 11) is 0. The van der Waals surface area contributed by atoms with Gasteiger partial charge in [0.25, 0.3) is 0 Å². The lowest BCUT2D eigenvalue weighted by Gasteiger charge is -2.08. The third kappa shape index (κ3) is 7.03. The van der Waals surface area contributed by atoms with Gasteiger partial charge in [-0.25, -0.2) is 0 Å². The van der Waals surface area contributed by atoms with Gasteiger partial charge in [-0.3, -0.25) is 0 Å². The highest BCUT2D eigenvalue weighted by molar-refractivity contribution is 5.63. The van der Waals surface area contributed by atoms with Gasteiger partial charge in [0.05, 0.1) is 0 Å². The molecule has 0 atom stereocenters. The predicted molar refractivity (Wildman–Crippen MR) is 42.7 cm³/mol. The van der Waals surface area contributed by atoms with Gasteiger partial charge >= 0.3 is 0 Å². The van der Waals surface area contributed by atoms with Crippen LogP contribution in [0.15, 0.2) is 5.16 Å². The minimum absolute atomic E-state index is 0.0641. The molecule has 0 aliphatic carbocycles. The lowest BCUT2D eigenvalue weighted by Crippen LogP contribution is -2.06. The molecular formula is C8H13NO. The topological polar surface area (TPSA) is 21.6 Å². The Hall–Kier alpha value is -0.970. The lowest BCUT2D eigenvalue weighted by atomic mass is 10.00. The van der Waals surface area contributed by atoms with Crippen LogP contribution in [0.2, 0.25) is 0 Å². The summed E-state index contributed by atoms with van der Waals surface area (Å²) in [5.74, 6) is 2.32. The molecule has 0 fully saturated rings. The fraction of sp³-hybridized carbons (Fsp3) is 0.625. The van der Waals surface area contributed by atoms with Gasteiger partial charge in [0.1, 0.15) is 0 Å². The molecule has 0 saturated heterocycles. The molecule has 0 saturated carbocycles. The van der Waals surface area contributed by atoms with E-state index in [9.17, 15) is 0 Å². The Labute approximate surface area is 62.3 Å². The summed E-state index contributed by atoms with van der Waals surface area (Å²) in [6, 6.07) is 0. The van der Waals surface area contributed by atoms with Gasteiger partial charge in [-0.15, -0.1) is 6.42 Å². The quantitative estimate of drug-likeness (QED) is 0.247. The number of hydrogen-bond acceptors (Lipinski definition) is 2. The molecule has 0 unspecified atom stereocenters. The Bertz CT molecular complexity index is 148. The summed E-state index contributed by atoms with van der Waals surface area (Å²) in [6.45, 7) is 6.35. The third-order valence-electron chi connectivity index (χ3n) is 0.662. The third-order valence-corrected chi connectivity index (χ3v) is 0.662. The molecular weight excluding hydrogens is 126 g/mol. The Morgan fingerprint density at radius 1 is 1.60 bits per heavy atom. The molecule has 0 radical (unpaired) electrons. The molecule has 0 heterocycles. The molecule has 0 spiro atoms. The number of nitrogens with zero attached hydrogens (tertiary/aromatic N) is 1. The number of terminal acetylenes is 1. The van der Waals surface area contributed by atoms with Crippen LogP contribution in [0.5, 0.6) is 0 Å². The van der Waals surface area contributed by atoms with E-state index in [1.165, 1.54) is 0 Å². The summed E-state index contributed by atoms with van der Waals surface area (Å²) in [6.07, 6.45) is 6.66. The van der Waals surface area contributed by atoms with Crippen LogP contribution in [0, 0.1) is 17.8 Å². The summed E-state index contributed by atoms with van der Waals surface area (Å²) >= 11 is 0. The molecule has 0 aromatic rings. The van der Waals surface area contributed by atoms with E-state index in [1.807, 2.05) is 20.8 Å². The summed E-state index contributed by atoms with van der Waals surface area (Å²) in [4.78, 5) is 4.69. The highest BCUT2D eigenvalue weighted by atomic mass is 16.6. The van der Waals surface area contributed by atoms with Crippen LogP contribution in [-0.2, 0) is 4.84 Å². The van der Waals surface area contributed by atoms with Gasteiger partial charge in [0, 0.05) is 11.6 Å². The van der Waals surface area contributed by atoms with Crippen LogP contribution in [0.1, 0.15) is 20.8 Å². The first kappa shape index (κ1) is 9.03. The van der Waals surface area contributed by atoms with E-state index in [4.69, 9.17) is 11.3 Å². The van der Waals surface area contributed by atoms with Gasteiger partial charge in [-0.05, 0) is 0 Å². The van der Waals surface area contributed by atoms with Crippen molar-refractivity contribution in [1.82, 2.24) is 0 Å². The smallest absolute Gasteiger partial charge is 0.177 e. The SMILES string of the molecule is C#CCON=CC(C)(C)C. The van der Waals surface area contributed by atoms with Crippen molar-refractivity contribution in [1.29, 1.82) is 0 Å². The zero-order valence-corrected chi connectivity index (χ0v) is 6.72. The minimum Gasteiger partial charge on any atom is -0.383 e. The van der Waals surface area contributed by atoms with Gasteiger partial charge in [-0.2, -0.15) is 0 Å². The summed E-state index contributed by atoms with van der Waals surface area (Å²) in [5.41, 5.74) is 0.0641. The maximum absolute atomic E-state index is 4.93. The van der Waals surface area contributed by atoms with Crippen molar-refractivity contribution in [2.75, 3.05) is 6.61 Å². The van der Waals surface area contributed by atoms with Crippen molar-refractivity contribution in [2.45, 2.75) is 20.8 Å². The molecule has 0 aromatic heterocycles. The van der Waals surface area contributed by atoms with E-state index in [0.717, 1.165) is 0 Å². The Morgan fingerprint density at radius 2 is 2.20 bits per heavy atom. The molecule has 0 aliphatic rings. The van der Waals surface area contributed by atoms with Crippen molar-refractivity contribution in [3.8, 4) is 12.3 Å². The first-order chi connectivity index (χ1) is 4.56. The molecule has 0 amide bonds. The predicted octanol–water partition coefficient (Wildman–Crippen LogP) is 1.67. The van der Waals surface area contributed by atoms with Gasteiger partial charge in [-0.1, -0.05) is 31.8 Å². The summed E-state index contributed by atoms with van der Waals surface area (Å²) < 4.78 is 0. The molecule has 10 heavy (non-hydrogen) atoms. The second-order valence-electron chi connectivity index (χ2n) is 3.08. The maximum atomic E-state index is 4.93. The number of hydrogen-bond donors (Lipinski definition) is 0.